The molecule has 1 N–H and O–H groups in total. The molecule has 2 rings (SSSR count). The van der Waals surface area contributed by atoms with Gasteiger partial charge < -0.3 is 9.67 Å². The van der Waals surface area contributed by atoms with Crippen molar-refractivity contribution in [2.75, 3.05) is 0 Å². The quantitative estimate of drug-likeness (QED) is 0.878. The summed E-state index contributed by atoms with van der Waals surface area (Å²) in [4.78, 5) is 26.7. The first-order valence-corrected chi connectivity index (χ1v) is 6.80. The number of halogens is 2. The molecule has 0 saturated carbocycles. The molecule has 0 aromatic carbocycles. The molecular formula is C12H8Br2N2O3. The second kappa shape index (κ2) is 5.66. The van der Waals surface area contributed by atoms with E-state index in [1.165, 1.54) is 10.6 Å². The highest BCUT2D eigenvalue weighted by Gasteiger charge is 2.08. The van der Waals surface area contributed by atoms with E-state index in [1.807, 2.05) is 0 Å². The summed E-state index contributed by atoms with van der Waals surface area (Å²) in [5.74, 6) is -1.09. The second-order valence-corrected chi connectivity index (χ2v) is 5.53. The van der Waals surface area contributed by atoms with Crippen LogP contribution in [-0.4, -0.2) is 20.6 Å². The molecule has 0 bridgehead atoms. The molecule has 0 aliphatic heterocycles. The van der Waals surface area contributed by atoms with E-state index in [4.69, 9.17) is 5.11 Å². The van der Waals surface area contributed by atoms with E-state index < -0.39 is 5.97 Å². The lowest BCUT2D eigenvalue weighted by Crippen LogP contribution is -2.21. The average molecular weight is 388 g/mol. The topological polar surface area (TPSA) is 72.2 Å². The molecule has 7 heteroatoms. The van der Waals surface area contributed by atoms with E-state index in [-0.39, 0.29) is 17.8 Å². The molecule has 0 saturated heterocycles. The summed E-state index contributed by atoms with van der Waals surface area (Å²) in [5, 5.41) is 8.87. The number of hydrogen-bond donors (Lipinski definition) is 1. The van der Waals surface area contributed by atoms with Gasteiger partial charge in [0.1, 0.15) is 5.69 Å². The lowest BCUT2D eigenvalue weighted by atomic mass is 10.3. The van der Waals surface area contributed by atoms with Crippen LogP contribution in [-0.2, 0) is 6.54 Å². The molecule has 0 radical (unpaired) electrons. The fourth-order valence-corrected chi connectivity index (χ4v) is 2.80. The van der Waals surface area contributed by atoms with Crippen LogP contribution in [0, 0.1) is 0 Å². The number of aromatic nitrogens is 2. The SMILES string of the molecule is O=C(O)c1cccc(Cn2cc(Br)cc(Br)c2=O)n1. The van der Waals surface area contributed by atoms with Gasteiger partial charge in [0.2, 0.25) is 0 Å². The molecule has 0 unspecified atom stereocenters. The highest BCUT2D eigenvalue weighted by molar-refractivity contribution is 9.11. The summed E-state index contributed by atoms with van der Waals surface area (Å²) in [5.41, 5.74) is 0.261. The molecule has 0 amide bonds. The van der Waals surface area contributed by atoms with Gasteiger partial charge in [0, 0.05) is 10.7 Å². The first-order valence-electron chi connectivity index (χ1n) is 5.22. The van der Waals surface area contributed by atoms with Gasteiger partial charge in [-0.2, -0.15) is 0 Å². The van der Waals surface area contributed by atoms with Gasteiger partial charge in [-0.3, -0.25) is 4.79 Å². The minimum Gasteiger partial charge on any atom is -0.477 e. The number of aromatic carboxylic acids is 1. The van der Waals surface area contributed by atoms with Crippen molar-refractivity contribution in [2.24, 2.45) is 0 Å². The van der Waals surface area contributed by atoms with E-state index >= 15 is 0 Å². The summed E-state index contributed by atoms with van der Waals surface area (Å²) in [6, 6.07) is 6.34. The highest BCUT2D eigenvalue weighted by atomic mass is 79.9. The number of carboxylic acid groups (broad SMARTS) is 1. The standard InChI is InChI=1S/C12H8Br2N2O3/c13-7-4-9(14)11(17)16(5-7)6-8-2-1-3-10(15-8)12(18)19/h1-5H,6H2,(H,18,19). The van der Waals surface area contributed by atoms with Crippen LogP contribution in [0.25, 0.3) is 0 Å². The molecule has 0 atom stereocenters. The third kappa shape index (κ3) is 3.30. The molecular weight excluding hydrogens is 380 g/mol. The Bertz CT molecular complexity index is 698. The van der Waals surface area contributed by atoms with E-state index in [1.54, 1.807) is 24.4 Å². The molecule has 2 heterocycles. The Labute approximate surface area is 125 Å². The molecule has 98 valence electrons. The predicted octanol–water partition coefficient (Wildman–Crippen LogP) is 2.51. The Balaban J connectivity index is 2.39. The third-order valence-corrected chi connectivity index (χ3v) is 3.37. The third-order valence-electron chi connectivity index (χ3n) is 2.37. The van der Waals surface area contributed by atoms with Crippen molar-refractivity contribution in [1.29, 1.82) is 0 Å². The van der Waals surface area contributed by atoms with E-state index in [2.05, 4.69) is 36.8 Å². The second-order valence-electron chi connectivity index (χ2n) is 3.76. The largest absolute Gasteiger partial charge is 0.477 e. The summed E-state index contributed by atoms with van der Waals surface area (Å²) >= 11 is 6.46. The van der Waals surface area contributed by atoms with Crippen molar-refractivity contribution in [3.63, 3.8) is 0 Å². The van der Waals surface area contributed by atoms with Gasteiger partial charge in [-0.15, -0.1) is 0 Å². The number of carbonyl (C=O) groups is 1. The molecule has 0 fully saturated rings. The maximum Gasteiger partial charge on any atom is 0.354 e. The van der Waals surface area contributed by atoms with Crippen molar-refractivity contribution in [3.05, 3.63) is 61.1 Å². The number of hydrogen-bond acceptors (Lipinski definition) is 3. The summed E-state index contributed by atoms with van der Waals surface area (Å²) in [6.07, 6.45) is 1.63. The van der Waals surface area contributed by atoms with Crippen molar-refractivity contribution in [1.82, 2.24) is 9.55 Å². The lowest BCUT2D eigenvalue weighted by Gasteiger charge is -2.07. The zero-order valence-corrected chi connectivity index (χ0v) is 12.7. The minimum atomic E-state index is -1.09. The molecule has 0 aliphatic carbocycles. The van der Waals surface area contributed by atoms with Crippen molar-refractivity contribution in [3.8, 4) is 0 Å². The zero-order valence-electron chi connectivity index (χ0n) is 9.51. The average Bonchev–Trinajstić information content (AvgIpc) is 2.35. The zero-order chi connectivity index (χ0) is 14.0. The number of pyridine rings is 2. The van der Waals surface area contributed by atoms with Crippen LogP contribution in [0.2, 0.25) is 0 Å². The fourth-order valence-electron chi connectivity index (χ4n) is 1.54. The van der Waals surface area contributed by atoms with Crippen LogP contribution in [0.5, 0.6) is 0 Å². The number of carboxylic acids is 1. The Morgan fingerprint density at radius 1 is 1.37 bits per heavy atom. The van der Waals surface area contributed by atoms with Gasteiger partial charge in [-0.25, -0.2) is 9.78 Å². The normalized spacial score (nSPS) is 10.4. The summed E-state index contributed by atoms with van der Waals surface area (Å²) < 4.78 is 2.62. The molecule has 2 aromatic heterocycles. The van der Waals surface area contributed by atoms with Crippen LogP contribution in [0.15, 0.2) is 44.2 Å². The maximum atomic E-state index is 11.9. The highest BCUT2D eigenvalue weighted by Crippen LogP contribution is 2.13. The van der Waals surface area contributed by atoms with E-state index in [0.29, 0.717) is 10.2 Å². The Hall–Kier alpha value is -1.47. The van der Waals surface area contributed by atoms with Crippen LogP contribution < -0.4 is 5.56 Å². The van der Waals surface area contributed by atoms with Gasteiger partial charge >= 0.3 is 5.97 Å². The Kier molecular flexibility index (Phi) is 4.16. The smallest absolute Gasteiger partial charge is 0.354 e. The van der Waals surface area contributed by atoms with Gasteiger partial charge in [0.25, 0.3) is 5.56 Å². The fraction of sp³-hybridized carbons (Fsp3) is 0.0833. The lowest BCUT2D eigenvalue weighted by molar-refractivity contribution is 0.0690. The van der Waals surface area contributed by atoms with Gasteiger partial charge in [-0.1, -0.05) is 6.07 Å². The molecule has 2 aromatic rings. The van der Waals surface area contributed by atoms with Crippen LogP contribution in [0.4, 0.5) is 0 Å². The first-order chi connectivity index (χ1) is 8.97. The number of nitrogens with zero attached hydrogens (tertiary/aromatic N) is 2. The minimum absolute atomic E-state index is 0.0420. The summed E-state index contributed by atoms with van der Waals surface area (Å²) in [7, 11) is 0. The van der Waals surface area contributed by atoms with E-state index in [0.717, 1.165) is 4.47 Å². The Morgan fingerprint density at radius 3 is 2.79 bits per heavy atom. The van der Waals surface area contributed by atoms with Crippen molar-refractivity contribution >= 4 is 37.8 Å². The molecule has 5 nitrogen and oxygen atoms in total. The van der Waals surface area contributed by atoms with Crippen molar-refractivity contribution in [2.45, 2.75) is 6.54 Å². The maximum absolute atomic E-state index is 11.9. The Morgan fingerprint density at radius 2 is 2.11 bits per heavy atom. The summed E-state index contributed by atoms with van der Waals surface area (Å²) in [6.45, 7) is 0.206. The van der Waals surface area contributed by atoms with Crippen LogP contribution in [0.1, 0.15) is 16.2 Å². The van der Waals surface area contributed by atoms with Crippen molar-refractivity contribution < 1.29 is 9.90 Å². The monoisotopic (exact) mass is 386 g/mol. The van der Waals surface area contributed by atoms with Gasteiger partial charge in [-0.05, 0) is 50.1 Å². The molecule has 19 heavy (non-hydrogen) atoms. The molecule has 0 aliphatic rings. The van der Waals surface area contributed by atoms with Gasteiger partial charge in [0.05, 0.1) is 16.7 Å². The molecule has 0 spiro atoms. The van der Waals surface area contributed by atoms with Gasteiger partial charge in [0.15, 0.2) is 0 Å². The first kappa shape index (κ1) is 14.0. The van der Waals surface area contributed by atoms with Crippen LogP contribution in [0.3, 0.4) is 0 Å². The predicted molar refractivity (Wildman–Crippen MR) is 76.4 cm³/mol. The van der Waals surface area contributed by atoms with Crippen LogP contribution >= 0.6 is 31.9 Å². The van der Waals surface area contributed by atoms with E-state index in [9.17, 15) is 9.59 Å². The number of rotatable bonds is 3.